The molecule has 0 aliphatic heterocycles. The number of nitrogens with one attached hydrogen (secondary N) is 1. The molecule has 0 atom stereocenters. The van der Waals surface area contributed by atoms with Crippen LogP contribution in [0, 0.1) is 0 Å². The number of H-pyrrole nitrogens is 1. The zero-order valence-electron chi connectivity index (χ0n) is 11.2. The molecule has 0 spiro atoms. The molecule has 5 nitrogen and oxygen atoms in total. The maximum absolute atomic E-state index is 11.8. The van der Waals surface area contributed by atoms with Crippen LogP contribution in [0.15, 0.2) is 53.5 Å². The third-order valence-corrected chi connectivity index (χ3v) is 3.27. The van der Waals surface area contributed by atoms with Crippen LogP contribution in [0.5, 0.6) is 0 Å². The first-order chi connectivity index (χ1) is 10.1. The number of aromatic nitrogens is 2. The molecule has 0 saturated heterocycles. The van der Waals surface area contributed by atoms with Crippen molar-refractivity contribution in [3.8, 4) is 0 Å². The van der Waals surface area contributed by atoms with Gasteiger partial charge in [-0.1, -0.05) is 30.3 Å². The highest BCUT2D eigenvalue weighted by atomic mass is 16.2. The molecule has 0 fully saturated rings. The Morgan fingerprint density at radius 3 is 2.62 bits per heavy atom. The molecule has 3 N–H and O–H groups in total. The zero-order valence-corrected chi connectivity index (χ0v) is 11.2. The van der Waals surface area contributed by atoms with Crippen LogP contribution in [0.25, 0.3) is 11.0 Å². The number of primary amides is 1. The summed E-state index contributed by atoms with van der Waals surface area (Å²) >= 11 is 0. The van der Waals surface area contributed by atoms with Crippen molar-refractivity contribution < 1.29 is 4.79 Å². The van der Waals surface area contributed by atoms with Gasteiger partial charge in [-0.2, -0.15) is 0 Å². The summed E-state index contributed by atoms with van der Waals surface area (Å²) in [7, 11) is 0. The fourth-order valence-electron chi connectivity index (χ4n) is 2.24. The molecule has 0 radical (unpaired) electrons. The van der Waals surface area contributed by atoms with E-state index in [1.54, 1.807) is 6.20 Å². The Kier molecular flexibility index (Phi) is 3.23. The van der Waals surface area contributed by atoms with E-state index in [0.717, 1.165) is 17.5 Å². The molecule has 104 valence electrons. The van der Waals surface area contributed by atoms with E-state index < -0.39 is 11.5 Å². The molecule has 5 heteroatoms. The first-order valence-corrected chi connectivity index (χ1v) is 6.49. The van der Waals surface area contributed by atoms with Crippen molar-refractivity contribution in [1.82, 2.24) is 9.97 Å². The van der Waals surface area contributed by atoms with Crippen molar-refractivity contribution in [3.63, 3.8) is 0 Å². The highest BCUT2D eigenvalue weighted by Crippen LogP contribution is 2.14. The summed E-state index contributed by atoms with van der Waals surface area (Å²) < 4.78 is 0. The molecule has 0 saturated carbocycles. The van der Waals surface area contributed by atoms with E-state index in [2.05, 4.69) is 9.97 Å². The number of rotatable bonds is 3. The summed E-state index contributed by atoms with van der Waals surface area (Å²) in [5.74, 6) is -0.756. The van der Waals surface area contributed by atoms with E-state index in [1.807, 2.05) is 36.4 Å². The van der Waals surface area contributed by atoms with E-state index >= 15 is 0 Å². The summed E-state index contributed by atoms with van der Waals surface area (Å²) in [6.45, 7) is 0. The van der Waals surface area contributed by atoms with Gasteiger partial charge in [-0.05, 0) is 29.7 Å². The van der Waals surface area contributed by atoms with Gasteiger partial charge < -0.3 is 10.7 Å². The second-order valence-corrected chi connectivity index (χ2v) is 4.82. The Morgan fingerprint density at radius 1 is 1.14 bits per heavy atom. The van der Waals surface area contributed by atoms with Gasteiger partial charge in [-0.25, -0.2) is 0 Å². The van der Waals surface area contributed by atoms with Crippen LogP contribution in [-0.4, -0.2) is 15.9 Å². The molecule has 2 heterocycles. The lowest BCUT2D eigenvalue weighted by Crippen LogP contribution is -2.23. The highest BCUT2D eigenvalue weighted by Gasteiger charge is 2.09. The molecule has 0 aliphatic rings. The van der Waals surface area contributed by atoms with E-state index in [1.165, 1.54) is 6.07 Å². The molecule has 0 bridgehead atoms. The van der Waals surface area contributed by atoms with Crippen molar-refractivity contribution in [2.45, 2.75) is 6.42 Å². The van der Waals surface area contributed by atoms with Gasteiger partial charge in [0, 0.05) is 6.20 Å². The smallest absolute Gasteiger partial charge is 0.261 e. The first kappa shape index (κ1) is 13.1. The number of nitrogens with zero attached hydrogens (tertiary/aromatic N) is 1. The maximum Gasteiger partial charge on any atom is 0.261 e. The second kappa shape index (κ2) is 5.20. The largest absolute Gasteiger partial charge is 0.365 e. The molecular weight excluding hydrogens is 266 g/mol. The van der Waals surface area contributed by atoms with Crippen LogP contribution in [0.4, 0.5) is 0 Å². The average molecular weight is 279 g/mol. The van der Waals surface area contributed by atoms with Gasteiger partial charge in [-0.15, -0.1) is 0 Å². The normalized spacial score (nSPS) is 10.7. The molecule has 0 aliphatic carbocycles. The van der Waals surface area contributed by atoms with Gasteiger partial charge >= 0.3 is 0 Å². The SMILES string of the molecule is NC(=O)c1cc2ncc(Cc3ccccc3)cc2[nH]c1=O. The maximum atomic E-state index is 11.8. The average Bonchev–Trinajstić information content (AvgIpc) is 2.47. The monoisotopic (exact) mass is 279 g/mol. The lowest BCUT2D eigenvalue weighted by atomic mass is 10.1. The van der Waals surface area contributed by atoms with Crippen LogP contribution < -0.4 is 11.3 Å². The third-order valence-electron chi connectivity index (χ3n) is 3.27. The van der Waals surface area contributed by atoms with Gasteiger partial charge in [0.05, 0.1) is 11.0 Å². The molecule has 3 aromatic rings. The molecule has 2 aromatic heterocycles. The number of hydrogen-bond donors (Lipinski definition) is 2. The van der Waals surface area contributed by atoms with E-state index in [-0.39, 0.29) is 5.56 Å². The van der Waals surface area contributed by atoms with Crippen LogP contribution in [0.1, 0.15) is 21.5 Å². The van der Waals surface area contributed by atoms with Crippen molar-refractivity contribution in [3.05, 3.63) is 75.7 Å². The van der Waals surface area contributed by atoms with Crippen LogP contribution in [0.3, 0.4) is 0 Å². The number of carbonyl (C=O) groups excluding carboxylic acids is 1. The lowest BCUT2D eigenvalue weighted by molar-refractivity contribution is 0.0999. The lowest BCUT2D eigenvalue weighted by Gasteiger charge is -2.04. The number of benzene rings is 1. The molecule has 1 aromatic carbocycles. The van der Waals surface area contributed by atoms with Crippen LogP contribution in [0.2, 0.25) is 0 Å². The minimum Gasteiger partial charge on any atom is -0.365 e. The minimum atomic E-state index is -0.756. The summed E-state index contributed by atoms with van der Waals surface area (Å²) in [5, 5.41) is 0. The van der Waals surface area contributed by atoms with E-state index in [9.17, 15) is 9.59 Å². The van der Waals surface area contributed by atoms with Crippen molar-refractivity contribution in [1.29, 1.82) is 0 Å². The molecule has 3 rings (SSSR count). The fraction of sp³-hybridized carbons (Fsp3) is 0.0625. The quantitative estimate of drug-likeness (QED) is 0.763. The second-order valence-electron chi connectivity index (χ2n) is 4.82. The number of nitrogens with two attached hydrogens (primary N) is 1. The Morgan fingerprint density at radius 2 is 1.90 bits per heavy atom. The molecular formula is C16H13N3O2. The van der Waals surface area contributed by atoms with Crippen LogP contribution >= 0.6 is 0 Å². The third kappa shape index (κ3) is 2.67. The topological polar surface area (TPSA) is 88.8 Å². The first-order valence-electron chi connectivity index (χ1n) is 6.49. The number of pyridine rings is 2. The molecule has 0 unspecified atom stereocenters. The summed E-state index contributed by atoms with van der Waals surface area (Å²) in [6.07, 6.45) is 2.46. The van der Waals surface area contributed by atoms with Gasteiger partial charge in [0.2, 0.25) is 0 Å². The molecule has 21 heavy (non-hydrogen) atoms. The predicted molar refractivity (Wildman–Crippen MR) is 80.1 cm³/mol. The van der Waals surface area contributed by atoms with E-state index in [0.29, 0.717) is 11.0 Å². The Labute approximate surface area is 120 Å². The number of aromatic amines is 1. The van der Waals surface area contributed by atoms with Gasteiger partial charge in [0.25, 0.3) is 11.5 Å². The summed E-state index contributed by atoms with van der Waals surface area (Å²) in [5.41, 5.74) is 7.86. The van der Waals surface area contributed by atoms with E-state index in [4.69, 9.17) is 5.73 Å². The minimum absolute atomic E-state index is 0.0780. The Bertz CT molecular complexity index is 870. The Hall–Kier alpha value is -2.95. The van der Waals surface area contributed by atoms with Gasteiger partial charge in [-0.3, -0.25) is 14.6 Å². The predicted octanol–water partition coefficient (Wildman–Crippen LogP) is 1.61. The van der Waals surface area contributed by atoms with Crippen LogP contribution in [-0.2, 0) is 6.42 Å². The number of amides is 1. The highest BCUT2D eigenvalue weighted by molar-refractivity contribution is 5.95. The molecule has 1 amide bonds. The van der Waals surface area contributed by atoms with Crippen molar-refractivity contribution >= 4 is 16.9 Å². The fourth-order valence-corrected chi connectivity index (χ4v) is 2.24. The summed E-state index contributed by atoms with van der Waals surface area (Å²) in [4.78, 5) is 29.8. The number of fused-ring (bicyclic) bond motifs is 1. The standard InChI is InChI=1S/C16H13N3O2/c17-15(20)12-8-13-14(19-16(12)21)7-11(9-18-13)6-10-4-2-1-3-5-10/h1-5,7-9H,6H2,(H2,17,20)(H,19,21). The zero-order chi connectivity index (χ0) is 14.8. The van der Waals surface area contributed by atoms with Crippen molar-refractivity contribution in [2.75, 3.05) is 0 Å². The van der Waals surface area contributed by atoms with Gasteiger partial charge in [0.15, 0.2) is 0 Å². The number of carbonyl (C=O) groups is 1. The van der Waals surface area contributed by atoms with Gasteiger partial charge in [0.1, 0.15) is 5.56 Å². The Balaban J connectivity index is 2.03. The van der Waals surface area contributed by atoms with Crippen molar-refractivity contribution in [2.24, 2.45) is 5.73 Å². The summed E-state index contributed by atoms with van der Waals surface area (Å²) in [6, 6.07) is 13.3. The number of hydrogen-bond acceptors (Lipinski definition) is 3.